The fourth-order valence-corrected chi connectivity index (χ4v) is 2.49. The average Bonchev–Trinajstić information content (AvgIpc) is 2.59. The maximum absolute atomic E-state index is 12.2. The molecule has 0 bridgehead atoms. The molecule has 2 aromatic carbocycles. The zero-order valence-electron chi connectivity index (χ0n) is 14.2. The van der Waals surface area contributed by atoms with E-state index in [-0.39, 0.29) is 11.9 Å². The monoisotopic (exact) mass is 413 g/mol. The Morgan fingerprint density at radius 1 is 0.962 bits per heavy atom. The molecule has 138 valence electrons. The molecule has 1 atom stereocenters. The second-order valence-corrected chi connectivity index (χ2v) is 6.91. The fourth-order valence-electron chi connectivity index (χ4n) is 2.03. The standard InChI is InChI=1S/C18H18Cl3N3O2/c1-3-10(2)22-17(25)11-4-6-14(20)16(8-11)24-18(26)23-12-5-7-13(19)15(21)9-12/h4-10H,3H2,1-2H3,(H,22,25)(H2,23,24,26). The number of urea groups is 1. The Kier molecular flexibility index (Phi) is 7.14. The highest BCUT2D eigenvalue weighted by atomic mass is 35.5. The highest BCUT2D eigenvalue weighted by Gasteiger charge is 2.13. The van der Waals surface area contributed by atoms with Gasteiger partial charge in [0.15, 0.2) is 0 Å². The number of hydrogen-bond acceptors (Lipinski definition) is 2. The Labute approximate surface area is 167 Å². The Hall–Kier alpha value is -1.95. The predicted molar refractivity (Wildman–Crippen MR) is 108 cm³/mol. The van der Waals surface area contributed by atoms with Crippen molar-refractivity contribution < 1.29 is 9.59 Å². The van der Waals surface area contributed by atoms with Gasteiger partial charge in [0.2, 0.25) is 0 Å². The molecule has 2 rings (SSSR count). The molecule has 0 aliphatic heterocycles. The van der Waals surface area contributed by atoms with Crippen LogP contribution in [0.15, 0.2) is 36.4 Å². The van der Waals surface area contributed by atoms with Gasteiger partial charge in [-0.25, -0.2) is 4.79 Å². The van der Waals surface area contributed by atoms with E-state index in [1.165, 1.54) is 12.1 Å². The van der Waals surface area contributed by atoms with Crippen LogP contribution in [-0.2, 0) is 0 Å². The quantitative estimate of drug-likeness (QED) is 0.577. The average molecular weight is 415 g/mol. The molecule has 8 heteroatoms. The summed E-state index contributed by atoms with van der Waals surface area (Å²) >= 11 is 17.9. The van der Waals surface area contributed by atoms with Crippen molar-refractivity contribution in [1.82, 2.24) is 5.32 Å². The molecule has 3 N–H and O–H groups in total. The van der Waals surface area contributed by atoms with Crippen molar-refractivity contribution in [2.75, 3.05) is 10.6 Å². The maximum Gasteiger partial charge on any atom is 0.323 e. The molecule has 0 saturated heterocycles. The summed E-state index contributed by atoms with van der Waals surface area (Å²) in [5, 5.41) is 9.13. The minimum Gasteiger partial charge on any atom is -0.350 e. The zero-order valence-corrected chi connectivity index (χ0v) is 16.5. The Morgan fingerprint density at radius 2 is 1.65 bits per heavy atom. The van der Waals surface area contributed by atoms with E-state index in [9.17, 15) is 9.59 Å². The summed E-state index contributed by atoms with van der Waals surface area (Å²) in [5.41, 5.74) is 1.19. The molecule has 0 fully saturated rings. The maximum atomic E-state index is 12.2. The zero-order chi connectivity index (χ0) is 19.3. The van der Waals surface area contributed by atoms with Crippen LogP contribution in [-0.4, -0.2) is 18.0 Å². The Balaban J connectivity index is 2.10. The summed E-state index contributed by atoms with van der Waals surface area (Å²) in [5.74, 6) is -0.232. The smallest absolute Gasteiger partial charge is 0.323 e. The Bertz CT molecular complexity index is 827. The van der Waals surface area contributed by atoms with E-state index in [1.807, 2.05) is 13.8 Å². The first-order valence-electron chi connectivity index (χ1n) is 7.93. The molecule has 0 aliphatic rings. The lowest BCUT2D eigenvalue weighted by molar-refractivity contribution is 0.0939. The number of amides is 3. The van der Waals surface area contributed by atoms with Gasteiger partial charge < -0.3 is 16.0 Å². The van der Waals surface area contributed by atoms with E-state index in [1.54, 1.807) is 24.3 Å². The summed E-state index contributed by atoms with van der Waals surface area (Å²) < 4.78 is 0. The fraction of sp³-hybridized carbons (Fsp3) is 0.222. The third kappa shape index (κ3) is 5.53. The molecule has 0 radical (unpaired) electrons. The van der Waals surface area contributed by atoms with Gasteiger partial charge >= 0.3 is 6.03 Å². The topological polar surface area (TPSA) is 70.2 Å². The van der Waals surface area contributed by atoms with Crippen molar-refractivity contribution in [3.8, 4) is 0 Å². The van der Waals surface area contributed by atoms with Crippen molar-refractivity contribution in [2.24, 2.45) is 0 Å². The van der Waals surface area contributed by atoms with Crippen LogP contribution >= 0.6 is 34.8 Å². The highest BCUT2D eigenvalue weighted by molar-refractivity contribution is 6.42. The summed E-state index contributed by atoms with van der Waals surface area (Å²) in [6.45, 7) is 3.89. The van der Waals surface area contributed by atoms with E-state index in [0.29, 0.717) is 32.0 Å². The summed E-state index contributed by atoms with van der Waals surface area (Å²) in [4.78, 5) is 24.4. The number of halogens is 3. The molecule has 2 aromatic rings. The van der Waals surface area contributed by atoms with Crippen LogP contribution in [0.2, 0.25) is 15.1 Å². The van der Waals surface area contributed by atoms with Gasteiger partial charge in [-0.2, -0.15) is 0 Å². The van der Waals surface area contributed by atoms with Crippen LogP contribution in [0.4, 0.5) is 16.2 Å². The third-order valence-corrected chi connectivity index (χ3v) is 4.71. The van der Waals surface area contributed by atoms with Crippen LogP contribution in [0.3, 0.4) is 0 Å². The van der Waals surface area contributed by atoms with Crippen LogP contribution in [0.25, 0.3) is 0 Å². The van der Waals surface area contributed by atoms with Crippen molar-refractivity contribution in [1.29, 1.82) is 0 Å². The van der Waals surface area contributed by atoms with Gasteiger partial charge in [-0.05, 0) is 49.7 Å². The second kappa shape index (κ2) is 9.12. The lowest BCUT2D eigenvalue weighted by atomic mass is 10.1. The molecule has 0 spiro atoms. The number of nitrogens with one attached hydrogen (secondary N) is 3. The van der Waals surface area contributed by atoms with Crippen molar-refractivity contribution >= 4 is 58.1 Å². The molecule has 26 heavy (non-hydrogen) atoms. The first-order valence-corrected chi connectivity index (χ1v) is 9.07. The van der Waals surface area contributed by atoms with Gasteiger partial charge in [0.25, 0.3) is 5.91 Å². The van der Waals surface area contributed by atoms with Gasteiger partial charge in [-0.3, -0.25) is 4.79 Å². The number of carbonyl (C=O) groups excluding carboxylic acids is 2. The van der Waals surface area contributed by atoms with E-state index in [0.717, 1.165) is 6.42 Å². The normalized spacial score (nSPS) is 11.6. The first kappa shape index (κ1) is 20.4. The van der Waals surface area contributed by atoms with E-state index >= 15 is 0 Å². The Morgan fingerprint density at radius 3 is 2.31 bits per heavy atom. The SMILES string of the molecule is CCC(C)NC(=O)c1ccc(Cl)c(NC(=O)Nc2ccc(Cl)c(Cl)c2)c1. The first-order chi connectivity index (χ1) is 12.3. The molecule has 0 saturated carbocycles. The van der Waals surface area contributed by atoms with Crippen LogP contribution in [0.5, 0.6) is 0 Å². The number of benzene rings is 2. The van der Waals surface area contributed by atoms with Crippen molar-refractivity contribution in [2.45, 2.75) is 26.3 Å². The minimum atomic E-state index is -0.523. The lowest BCUT2D eigenvalue weighted by Crippen LogP contribution is -2.32. The lowest BCUT2D eigenvalue weighted by Gasteiger charge is -2.13. The number of anilines is 2. The van der Waals surface area contributed by atoms with Gasteiger partial charge in [0.05, 0.1) is 20.8 Å². The van der Waals surface area contributed by atoms with Crippen molar-refractivity contribution in [3.05, 3.63) is 57.0 Å². The molecule has 0 aromatic heterocycles. The minimum absolute atomic E-state index is 0.0486. The number of rotatable bonds is 5. The molecule has 0 heterocycles. The molecular weight excluding hydrogens is 397 g/mol. The van der Waals surface area contributed by atoms with E-state index in [2.05, 4.69) is 16.0 Å². The largest absolute Gasteiger partial charge is 0.350 e. The molecule has 3 amide bonds. The third-order valence-electron chi connectivity index (χ3n) is 3.64. The van der Waals surface area contributed by atoms with Gasteiger partial charge in [-0.15, -0.1) is 0 Å². The van der Waals surface area contributed by atoms with Gasteiger partial charge in [0.1, 0.15) is 0 Å². The molecule has 0 aliphatic carbocycles. The van der Waals surface area contributed by atoms with Crippen molar-refractivity contribution in [3.63, 3.8) is 0 Å². The second-order valence-electron chi connectivity index (χ2n) is 5.69. The van der Waals surface area contributed by atoms with E-state index < -0.39 is 6.03 Å². The predicted octanol–water partition coefficient (Wildman–Crippen LogP) is 5.82. The molecule has 5 nitrogen and oxygen atoms in total. The van der Waals surface area contributed by atoms with Crippen LogP contribution < -0.4 is 16.0 Å². The van der Waals surface area contributed by atoms with Gasteiger partial charge in [0, 0.05) is 17.3 Å². The molecular formula is C18H18Cl3N3O2. The number of carbonyl (C=O) groups is 2. The summed E-state index contributed by atoms with van der Waals surface area (Å²) in [7, 11) is 0. The van der Waals surface area contributed by atoms with Gasteiger partial charge in [-0.1, -0.05) is 41.7 Å². The highest BCUT2D eigenvalue weighted by Crippen LogP contribution is 2.26. The number of hydrogen-bond donors (Lipinski definition) is 3. The van der Waals surface area contributed by atoms with Crippen LogP contribution in [0, 0.1) is 0 Å². The van der Waals surface area contributed by atoms with E-state index in [4.69, 9.17) is 34.8 Å². The molecule has 1 unspecified atom stereocenters. The summed E-state index contributed by atoms with van der Waals surface area (Å²) in [6.07, 6.45) is 0.816. The van der Waals surface area contributed by atoms with Crippen LogP contribution in [0.1, 0.15) is 30.6 Å². The summed E-state index contributed by atoms with van der Waals surface area (Å²) in [6, 6.07) is 8.93.